The van der Waals surface area contributed by atoms with Gasteiger partial charge in [0.2, 0.25) is 0 Å². The Morgan fingerprint density at radius 1 is 1.33 bits per heavy atom. The molecule has 0 atom stereocenters. The molecule has 0 saturated heterocycles. The number of hydrogen-bond donors (Lipinski definition) is 1. The summed E-state index contributed by atoms with van der Waals surface area (Å²) in [6.45, 7) is -1.26. The molecule has 0 radical (unpaired) electrons. The fourth-order valence-electron chi connectivity index (χ4n) is 1.08. The molecule has 5 heteroatoms. The van der Waals surface area contributed by atoms with Crippen LogP contribution in [0.25, 0.3) is 0 Å². The van der Waals surface area contributed by atoms with Crippen molar-refractivity contribution in [2.75, 3.05) is 13.2 Å². The van der Waals surface area contributed by atoms with Crippen molar-refractivity contribution in [2.45, 2.75) is 13.5 Å². The predicted molar refractivity (Wildman–Crippen MR) is 50.4 cm³/mol. The first-order valence-electron chi connectivity index (χ1n) is 4.42. The Hall–Kier alpha value is -1.36. The van der Waals surface area contributed by atoms with Crippen LogP contribution in [0.5, 0.6) is 11.5 Å². The van der Waals surface area contributed by atoms with E-state index in [4.69, 9.17) is 9.84 Å². The van der Waals surface area contributed by atoms with Crippen LogP contribution in [-0.2, 0) is 0 Å². The molecule has 0 bridgehead atoms. The maximum atomic E-state index is 12.0. The molecule has 0 aliphatic heterocycles. The summed E-state index contributed by atoms with van der Waals surface area (Å²) in [5, 5.41) is 8.54. The van der Waals surface area contributed by atoms with E-state index in [1.807, 2.05) is 0 Å². The summed E-state index contributed by atoms with van der Waals surface area (Å²) in [7, 11) is 0. The molecule has 0 heterocycles. The van der Waals surface area contributed by atoms with Crippen LogP contribution >= 0.6 is 0 Å². The van der Waals surface area contributed by atoms with Gasteiger partial charge in [-0.1, -0.05) is 6.07 Å². The topological polar surface area (TPSA) is 38.7 Å². The quantitative estimate of drug-likeness (QED) is 0.821. The molecule has 0 fully saturated rings. The molecule has 0 spiro atoms. The van der Waals surface area contributed by atoms with Crippen molar-refractivity contribution in [1.29, 1.82) is 0 Å². The molecule has 0 unspecified atom stereocenters. The molecule has 84 valence electrons. The van der Waals surface area contributed by atoms with Gasteiger partial charge in [0.25, 0.3) is 0 Å². The third-order valence-corrected chi connectivity index (χ3v) is 1.66. The van der Waals surface area contributed by atoms with Gasteiger partial charge in [0.15, 0.2) is 11.5 Å². The van der Waals surface area contributed by atoms with Gasteiger partial charge in [0.05, 0.1) is 6.61 Å². The zero-order chi connectivity index (χ0) is 11.3. The first-order chi connectivity index (χ1) is 7.13. The summed E-state index contributed by atoms with van der Waals surface area (Å²) in [5.41, 5.74) is 0.794. The number of halogens is 2. The summed E-state index contributed by atoms with van der Waals surface area (Å²) in [6.07, 6.45) is 0. The lowest BCUT2D eigenvalue weighted by Gasteiger charge is -2.11. The molecular weight excluding hydrogens is 206 g/mol. The van der Waals surface area contributed by atoms with Crippen molar-refractivity contribution in [1.82, 2.24) is 0 Å². The van der Waals surface area contributed by atoms with Gasteiger partial charge in [-0.2, -0.15) is 8.78 Å². The number of hydrogen-bond acceptors (Lipinski definition) is 3. The standard InChI is InChI=1S/C10H12F2O3/c1-7-2-3-8(14-5-4-13)9(6-7)15-10(11)12/h2-3,6,10,13H,4-5H2,1H3. The van der Waals surface area contributed by atoms with Crippen molar-refractivity contribution in [2.24, 2.45) is 0 Å². The van der Waals surface area contributed by atoms with Crippen LogP contribution in [0.2, 0.25) is 0 Å². The number of rotatable bonds is 5. The highest BCUT2D eigenvalue weighted by Crippen LogP contribution is 2.29. The molecule has 0 aromatic heterocycles. The molecule has 3 nitrogen and oxygen atoms in total. The van der Waals surface area contributed by atoms with E-state index in [0.717, 1.165) is 5.56 Å². The molecule has 1 rings (SSSR count). The SMILES string of the molecule is Cc1ccc(OCCO)c(OC(F)F)c1. The number of aryl methyl sites for hydroxylation is 1. The third kappa shape index (κ3) is 3.71. The highest BCUT2D eigenvalue weighted by Gasteiger charge is 2.10. The highest BCUT2D eigenvalue weighted by molar-refractivity contribution is 5.42. The fourth-order valence-corrected chi connectivity index (χ4v) is 1.08. The second-order valence-corrected chi connectivity index (χ2v) is 2.90. The monoisotopic (exact) mass is 218 g/mol. The Morgan fingerprint density at radius 2 is 2.07 bits per heavy atom. The van der Waals surface area contributed by atoms with Crippen LogP contribution in [-0.4, -0.2) is 24.9 Å². The van der Waals surface area contributed by atoms with E-state index in [1.165, 1.54) is 12.1 Å². The van der Waals surface area contributed by atoms with E-state index < -0.39 is 6.61 Å². The third-order valence-electron chi connectivity index (χ3n) is 1.66. The summed E-state index contributed by atoms with van der Waals surface area (Å²) >= 11 is 0. The highest BCUT2D eigenvalue weighted by atomic mass is 19.3. The predicted octanol–water partition coefficient (Wildman–Crippen LogP) is 1.97. The molecule has 1 N–H and O–H groups in total. The van der Waals surface area contributed by atoms with Gasteiger partial charge in [-0.05, 0) is 24.6 Å². The smallest absolute Gasteiger partial charge is 0.387 e. The van der Waals surface area contributed by atoms with E-state index in [9.17, 15) is 8.78 Å². The van der Waals surface area contributed by atoms with Gasteiger partial charge in [0, 0.05) is 0 Å². The Labute approximate surface area is 86.2 Å². The van der Waals surface area contributed by atoms with E-state index >= 15 is 0 Å². The number of aliphatic hydroxyl groups is 1. The number of ether oxygens (including phenoxy) is 2. The molecule has 1 aromatic rings. The number of benzene rings is 1. The molecule has 0 aliphatic rings. The van der Waals surface area contributed by atoms with Gasteiger partial charge < -0.3 is 14.6 Å². The second kappa shape index (κ2) is 5.50. The zero-order valence-electron chi connectivity index (χ0n) is 8.24. The van der Waals surface area contributed by atoms with Gasteiger partial charge in [0.1, 0.15) is 6.61 Å². The van der Waals surface area contributed by atoms with Crippen LogP contribution in [0.15, 0.2) is 18.2 Å². The van der Waals surface area contributed by atoms with E-state index in [2.05, 4.69) is 4.74 Å². The van der Waals surface area contributed by atoms with Gasteiger partial charge in [-0.15, -0.1) is 0 Å². The minimum Gasteiger partial charge on any atom is -0.487 e. The Kier molecular flexibility index (Phi) is 4.30. The van der Waals surface area contributed by atoms with Gasteiger partial charge in [-0.25, -0.2) is 0 Å². The van der Waals surface area contributed by atoms with E-state index in [0.29, 0.717) is 0 Å². The maximum Gasteiger partial charge on any atom is 0.387 e. The minimum atomic E-state index is -2.89. The molecular formula is C10H12F2O3. The Bertz CT molecular complexity index is 316. The average molecular weight is 218 g/mol. The van der Waals surface area contributed by atoms with Crippen molar-refractivity contribution >= 4 is 0 Å². The molecule has 0 amide bonds. The molecule has 0 saturated carbocycles. The van der Waals surface area contributed by atoms with E-state index in [-0.39, 0.29) is 24.7 Å². The van der Waals surface area contributed by atoms with Crippen molar-refractivity contribution in [3.05, 3.63) is 23.8 Å². The Morgan fingerprint density at radius 3 is 2.67 bits per heavy atom. The normalized spacial score (nSPS) is 10.5. The summed E-state index contributed by atoms with van der Waals surface area (Å²) in [5.74, 6) is 0.188. The minimum absolute atomic E-state index is 0.0153. The lowest BCUT2D eigenvalue weighted by atomic mass is 10.2. The number of alkyl halides is 2. The maximum absolute atomic E-state index is 12.0. The first-order valence-corrected chi connectivity index (χ1v) is 4.42. The van der Waals surface area contributed by atoms with Crippen molar-refractivity contribution in [3.8, 4) is 11.5 Å². The molecule has 1 aromatic carbocycles. The first kappa shape index (κ1) is 11.7. The number of aliphatic hydroxyl groups excluding tert-OH is 1. The van der Waals surface area contributed by atoms with Crippen LogP contribution in [0.1, 0.15) is 5.56 Å². The van der Waals surface area contributed by atoms with Gasteiger partial charge in [-0.3, -0.25) is 0 Å². The lowest BCUT2D eigenvalue weighted by molar-refractivity contribution is -0.0516. The summed E-state index contributed by atoms with van der Waals surface area (Å²) < 4.78 is 33.4. The fraction of sp³-hybridized carbons (Fsp3) is 0.400. The largest absolute Gasteiger partial charge is 0.487 e. The van der Waals surface area contributed by atoms with E-state index in [1.54, 1.807) is 13.0 Å². The summed E-state index contributed by atoms with van der Waals surface area (Å²) in [6, 6.07) is 4.70. The second-order valence-electron chi connectivity index (χ2n) is 2.90. The van der Waals surface area contributed by atoms with Crippen molar-refractivity contribution in [3.63, 3.8) is 0 Å². The van der Waals surface area contributed by atoms with Gasteiger partial charge >= 0.3 is 6.61 Å². The van der Waals surface area contributed by atoms with Crippen LogP contribution in [0, 0.1) is 6.92 Å². The van der Waals surface area contributed by atoms with Crippen molar-refractivity contribution < 1.29 is 23.4 Å². The summed E-state index contributed by atoms with van der Waals surface area (Å²) in [4.78, 5) is 0. The zero-order valence-corrected chi connectivity index (χ0v) is 8.24. The molecule has 0 aliphatic carbocycles. The van der Waals surface area contributed by atoms with Crippen LogP contribution in [0.4, 0.5) is 8.78 Å². The molecule has 15 heavy (non-hydrogen) atoms. The Balaban J connectivity index is 2.82. The van der Waals surface area contributed by atoms with Crippen LogP contribution in [0.3, 0.4) is 0 Å². The lowest BCUT2D eigenvalue weighted by Crippen LogP contribution is -2.07. The van der Waals surface area contributed by atoms with Crippen LogP contribution < -0.4 is 9.47 Å². The average Bonchev–Trinajstić information content (AvgIpc) is 2.16.